The number of piperidine rings is 1. The molecule has 2 aromatic carbocycles. The highest BCUT2D eigenvalue weighted by Crippen LogP contribution is 2.41. The quantitative estimate of drug-likeness (QED) is 0.391. The van der Waals surface area contributed by atoms with E-state index in [2.05, 4.69) is 29.0 Å². The van der Waals surface area contributed by atoms with Gasteiger partial charge in [-0.2, -0.15) is 0 Å². The average molecular weight is 505 g/mol. The van der Waals surface area contributed by atoms with Crippen LogP contribution < -0.4 is 9.47 Å². The molecule has 5 nitrogen and oxygen atoms in total. The van der Waals surface area contributed by atoms with Crippen molar-refractivity contribution in [1.82, 2.24) is 9.88 Å². The largest absolute Gasteiger partial charge is 0.493 e. The fourth-order valence-corrected chi connectivity index (χ4v) is 5.19. The maximum absolute atomic E-state index is 11.2. The minimum Gasteiger partial charge on any atom is -0.493 e. The second kappa shape index (κ2) is 11.0. The fraction of sp³-hybridized carbons (Fsp3) is 0.367. The van der Waals surface area contributed by atoms with Gasteiger partial charge in [-0.15, -0.1) is 0 Å². The summed E-state index contributed by atoms with van der Waals surface area (Å²) in [7, 11) is 0. The first-order valence-electron chi connectivity index (χ1n) is 12.8. The molecule has 0 bridgehead atoms. The van der Waals surface area contributed by atoms with E-state index in [0.717, 1.165) is 79.9 Å². The van der Waals surface area contributed by atoms with E-state index in [0.29, 0.717) is 17.5 Å². The molecule has 0 spiro atoms. The number of benzene rings is 2. The van der Waals surface area contributed by atoms with Gasteiger partial charge < -0.3 is 19.5 Å². The van der Waals surface area contributed by atoms with E-state index < -0.39 is 5.60 Å². The lowest BCUT2D eigenvalue weighted by Crippen LogP contribution is -2.42. The van der Waals surface area contributed by atoms with Crippen LogP contribution in [-0.4, -0.2) is 41.2 Å². The molecule has 0 radical (unpaired) electrons. The molecule has 3 aromatic rings. The number of halogens is 1. The maximum atomic E-state index is 11.2. The molecule has 0 amide bonds. The molecule has 36 heavy (non-hydrogen) atoms. The minimum atomic E-state index is -0.776. The van der Waals surface area contributed by atoms with E-state index in [-0.39, 0.29) is 0 Å². The van der Waals surface area contributed by atoms with E-state index in [1.807, 2.05) is 48.5 Å². The molecule has 188 valence electrons. The van der Waals surface area contributed by atoms with Gasteiger partial charge in [-0.1, -0.05) is 42.8 Å². The normalized spacial score (nSPS) is 18.1. The zero-order chi connectivity index (χ0) is 25.0. The fourth-order valence-electron chi connectivity index (χ4n) is 5.07. The van der Waals surface area contributed by atoms with Gasteiger partial charge in [0.05, 0.1) is 12.2 Å². The smallest absolute Gasteiger partial charge is 0.226 e. The molecule has 6 heteroatoms. The number of hydrogen-bond acceptors (Lipinski definition) is 5. The summed E-state index contributed by atoms with van der Waals surface area (Å²) in [4.78, 5) is 6.95. The number of nitrogens with zero attached hydrogens (tertiary/aromatic N) is 2. The van der Waals surface area contributed by atoms with Crippen LogP contribution in [0.3, 0.4) is 0 Å². The van der Waals surface area contributed by atoms with Crippen LogP contribution in [0.5, 0.6) is 17.4 Å². The van der Waals surface area contributed by atoms with Gasteiger partial charge in [0.2, 0.25) is 5.88 Å². The van der Waals surface area contributed by atoms with Crippen molar-refractivity contribution in [3.8, 4) is 17.4 Å². The standard InChI is InChI=1S/C30H33ClN2O3/c1-2-20-35-27-8-3-9-28-26(27)21-22(25-7-4-16-32-29(25)36-28)6-5-17-33-18-14-30(34,15-19-33)23-10-12-24(31)13-11-23/h3-4,6-13,16,34H,2,5,14-15,17-21H2,1H3. The summed E-state index contributed by atoms with van der Waals surface area (Å²) >= 11 is 6.03. The summed E-state index contributed by atoms with van der Waals surface area (Å²) in [5.74, 6) is 2.33. The van der Waals surface area contributed by atoms with Crippen molar-refractivity contribution in [2.45, 2.75) is 44.6 Å². The number of fused-ring (bicyclic) bond motifs is 2. The van der Waals surface area contributed by atoms with Crippen LogP contribution in [0.4, 0.5) is 0 Å². The molecule has 3 heterocycles. The summed E-state index contributed by atoms with van der Waals surface area (Å²) in [6.45, 7) is 5.46. The number of allylic oxidation sites excluding steroid dienone is 1. The predicted molar refractivity (Wildman–Crippen MR) is 144 cm³/mol. The third-order valence-corrected chi connectivity index (χ3v) is 7.40. The number of aliphatic hydroxyl groups is 1. The van der Waals surface area contributed by atoms with Gasteiger partial charge in [-0.05, 0) is 73.2 Å². The number of aromatic nitrogens is 1. The van der Waals surface area contributed by atoms with Gasteiger partial charge in [0.25, 0.3) is 0 Å². The van der Waals surface area contributed by atoms with Gasteiger partial charge in [-0.25, -0.2) is 4.98 Å². The first-order valence-corrected chi connectivity index (χ1v) is 13.2. The lowest BCUT2D eigenvalue weighted by atomic mass is 9.84. The summed E-state index contributed by atoms with van der Waals surface area (Å²) < 4.78 is 12.3. The van der Waals surface area contributed by atoms with Crippen molar-refractivity contribution >= 4 is 17.2 Å². The van der Waals surface area contributed by atoms with E-state index >= 15 is 0 Å². The molecule has 1 N–H and O–H groups in total. The number of ether oxygens (including phenoxy) is 2. The lowest BCUT2D eigenvalue weighted by molar-refractivity contribution is -0.0254. The number of rotatable bonds is 7. The Morgan fingerprint density at radius 2 is 1.92 bits per heavy atom. The van der Waals surface area contributed by atoms with Crippen LogP contribution in [0.15, 0.2) is 66.9 Å². The van der Waals surface area contributed by atoms with Gasteiger partial charge in [-0.3, -0.25) is 0 Å². The summed E-state index contributed by atoms with van der Waals surface area (Å²) in [5.41, 5.74) is 3.49. The molecule has 0 aliphatic carbocycles. The number of pyridine rings is 1. The molecule has 2 aliphatic heterocycles. The van der Waals surface area contributed by atoms with E-state index in [1.165, 1.54) is 5.57 Å². The Labute approximate surface area is 218 Å². The van der Waals surface area contributed by atoms with Crippen LogP contribution in [0.1, 0.15) is 49.3 Å². The Morgan fingerprint density at radius 1 is 1.11 bits per heavy atom. The molecular formula is C30H33ClN2O3. The number of likely N-dealkylation sites (tertiary alicyclic amines) is 1. The maximum Gasteiger partial charge on any atom is 0.226 e. The van der Waals surface area contributed by atoms with Crippen LogP contribution in [0.25, 0.3) is 5.57 Å². The Balaban J connectivity index is 1.28. The van der Waals surface area contributed by atoms with E-state index in [9.17, 15) is 5.11 Å². The van der Waals surface area contributed by atoms with Crippen LogP contribution in [-0.2, 0) is 12.0 Å². The van der Waals surface area contributed by atoms with Crippen molar-refractivity contribution in [1.29, 1.82) is 0 Å². The van der Waals surface area contributed by atoms with E-state index in [1.54, 1.807) is 6.20 Å². The summed E-state index contributed by atoms with van der Waals surface area (Å²) in [6.07, 6.45) is 8.14. The Kier molecular flexibility index (Phi) is 7.61. The van der Waals surface area contributed by atoms with Crippen molar-refractivity contribution in [3.63, 3.8) is 0 Å². The third-order valence-electron chi connectivity index (χ3n) is 7.14. The summed E-state index contributed by atoms with van der Waals surface area (Å²) in [5, 5.41) is 11.9. The van der Waals surface area contributed by atoms with Gasteiger partial charge >= 0.3 is 0 Å². The van der Waals surface area contributed by atoms with E-state index in [4.69, 9.17) is 21.1 Å². The first-order chi connectivity index (χ1) is 17.6. The molecule has 1 saturated heterocycles. The zero-order valence-electron chi connectivity index (χ0n) is 20.8. The topological polar surface area (TPSA) is 54.8 Å². The van der Waals surface area contributed by atoms with Crippen LogP contribution in [0, 0.1) is 0 Å². The Bertz CT molecular complexity index is 1220. The molecule has 0 unspecified atom stereocenters. The van der Waals surface area contributed by atoms with Crippen LogP contribution >= 0.6 is 11.6 Å². The second-order valence-corrected chi connectivity index (χ2v) is 10.1. The van der Waals surface area contributed by atoms with Crippen LogP contribution in [0.2, 0.25) is 5.02 Å². The van der Waals surface area contributed by atoms with Gasteiger partial charge in [0.15, 0.2) is 0 Å². The minimum absolute atomic E-state index is 0.640. The molecule has 0 atom stereocenters. The predicted octanol–water partition coefficient (Wildman–Crippen LogP) is 6.63. The highest BCUT2D eigenvalue weighted by atomic mass is 35.5. The zero-order valence-corrected chi connectivity index (χ0v) is 21.5. The number of hydrogen-bond donors (Lipinski definition) is 1. The lowest BCUT2D eigenvalue weighted by Gasteiger charge is -2.38. The van der Waals surface area contributed by atoms with Gasteiger partial charge in [0, 0.05) is 48.4 Å². The molecular weight excluding hydrogens is 472 g/mol. The SMILES string of the molecule is CCCOc1cccc2c1CC(=CCCN1CCC(O)(c3ccc(Cl)cc3)CC1)c1cccnc1O2. The third kappa shape index (κ3) is 5.44. The average Bonchev–Trinajstić information content (AvgIpc) is 3.06. The van der Waals surface area contributed by atoms with Crippen molar-refractivity contribution < 1.29 is 14.6 Å². The van der Waals surface area contributed by atoms with Crippen molar-refractivity contribution in [3.05, 3.63) is 88.6 Å². The van der Waals surface area contributed by atoms with Gasteiger partial charge in [0.1, 0.15) is 11.5 Å². The molecule has 1 aromatic heterocycles. The summed E-state index contributed by atoms with van der Waals surface area (Å²) in [6, 6.07) is 17.6. The van der Waals surface area contributed by atoms with Crippen molar-refractivity contribution in [2.75, 3.05) is 26.2 Å². The van der Waals surface area contributed by atoms with Crippen molar-refractivity contribution in [2.24, 2.45) is 0 Å². The molecule has 2 aliphatic rings. The Morgan fingerprint density at radius 3 is 2.69 bits per heavy atom. The first kappa shape index (κ1) is 24.8. The Hall–Kier alpha value is -2.86. The second-order valence-electron chi connectivity index (χ2n) is 9.61. The highest BCUT2D eigenvalue weighted by molar-refractivity contribution is 6.30. The molecule has 5 rings (SSSR count). The molecule has 0 saturated carbocycles. The monoisotopic (exact) mass is 504 g/mol. The highest BCUT2D eigenvalue weighted by Gasteiger charge is 2.33. The molecule has 1 fully saturated rings.